The summed E-state index contributed by atoms with van der Waals surface area (Å²) in [6.07, 6.45) is 7.83. The molecule has 0 saturated carbocycles. The minimum absolute atomic E-state index is 0.319. The van der Waals surface area contributed by atoms with E-state index in [1.165, 1.54) is 11.1 Å². The summed E-state index contributed by atoms with van der Waals surface area (Å²) in [5.74, 6) is 0.413. The van der Waals surface area contributed by atoms with E-state index in [1.54, 1.807) is 6.07 Å². The molecule has 0 heterocycles. The fourth-order valence-electron chi connectivity index (χ4n) is 2.34. The van der Waals surface area contributed by atoms with Gasteiger partial charge in [0, 0.05) is 10.8 Å². The van der Waals surface area contributed by atoms with Crippen molar-refractivity contribution in [2.75, 3.05) is 0 Å². The Bertz CT molecular complexity index is 510. The number of thioether (sulfide) groups is 1. The van der Waals surface area contributed by atoms with Crippen LogP contribution in [0.3, 0.4) is 0 Å². The Morgan fingerprint density at radius 3 is 2.41 bits per heavy atom. The number of hydrogen-bond donors (Lipinski definition) is 1. The Morgan fingerprint density at radius 1 is 1.14 bits per heavy atom. The van der Waals surface area contributed by atoms with Crippen molar-refractivity contribution in [3.05, 3.63) is 53.1 Å². The second-order valence-corrected chi connectivity index (χ2v) is 8.12. The summed E-state index contributed by atoms with van der Waals surface area (Å²) in [6.45, 7) is 10.9. The van der Waals surface area contributed by atoms with Gasteiger partial charge in [-0.2, -0.15) is 11.8 Å². The van der Waals surface area contributed by atoms with Gasteiger partial charge in [0.15, 0.2) is 0 Å². The Morgan fingerprint density at radius 2 is 1.82 bits per heavy atom. The molecule has 0 amide bonds. The fraction of sp³-hybridized carbons (Fsp3) is 0.500. The van der Waals surface area contributed by atoms with E-state index in [4.69, 9.17) is 0 Å². The molecule has 0 radical (unpaired) electrons. The average Bonchev–Trinajstić information content (AvgIpc) is 2.43. The van der Waals surface area contributed by atoms with Crippen LogP contribution in [0.15, 0.2) is 47.6 Å². The second kappa shape index (κ2) is 9.78. The van der Waals surface area contributed by atoms with Crippen LogP contribution in [0.2, 0.25) is 0 Å². The number of benzene rings is 1. The first-order chi connectivity index (χ1) is 10.4. The smallest absolute Gasteiger partial charge is 0.119 e. The third-order valence-corrected chi connectivity index (χ3v) is 4.81. The van der Waals surface area contributed by atoms with Crippen molar-refractivity contribution >= 4 is 11.8 Å². The molecule has 1 N–H and O–H groups in total. The van der Waals surface area contributed by atoms with E-state index in [2.05, 4.69) is 46.8 Å². The quantitative estimate of drug-likeness (QED) is 0.541. The summed E-state index contributed by atoms with van der Waals surface area (Å²) in [5.41, 5.74) is 3.87. The molecule has 22 heavy (non-hydrogen) atoms. The van der Waals surface area contributed by atoms with E-state index in [9.17, 15) is 5.11 Å². The number of phenolic OH excluding ortho intramolecular Hbond substituents is 1. The van der Waals surface area contributed by atoms with Gasteiger partial charge in [-0.25, -0.2) is 0 Å². The molecule has 0 aliphatic rings. The van der Waals surface area contributed by atoms with E-state index in [0.717, 1.165) is 24.8 Å². The van der Waals surface area contributed by atoms with Crippen LogP contribution in [-0.4, -0.2) is 10.4 Å². The first-order valence-corrected chi connectivity index (χ1v) is 9.06. The minimum Gasteiger partial charge on any atom is -0.508 e. The highest BCUT2D eigenvalue weighted by molar-refractivity contribution is 8.00. The third kappa shape index (κ3) is 7.22. The lowest BCUT2D eigenvalue weighted by Gasteiger charge is -2.19. The molecule has 1 unspecified atom stereocenters. The van der Waals surface area contributed by atoms with Gasteiger partial charge < -0.3 is 5.11 Å². The van der Waals surface area contributed by atoms with Gasteiger partial charge in [0.05, 0.1) is 0 Å². The summed E-state index contributed by atoms with van der Waals surface area (Å²) in [5, 5.41) is 11.0. The third-order valence-electron chi connectivity index (χ3n) is 3.49. The number of phenols is 1. The van der Waals surface area contributed by atoms with Crippen molar-refractivity contribution in [2.24, 2.45) is 0 Å². The molecule has 122 valence electrons. The van der Waals surface area contributed by atoms with Crippen LogP contribution >= 0.6 is 11.8 Å². The van der Waals surface area contributed by atoms with Crippen molar-refractivity contribution in [2.45, 2.75) is 64.4 Å². The van der Waals surface area contributed by atoms with Crippen LogP contribution in [0.4, 0.5) is 0 Å². The van der Waals surface area contributed by atoms with E-state index in [-0.39, 0.29) is 0 Å². The van der Waals surface area contributed by atoms with Crippen LogP contribution in [0, 0.1) is 0 Å². The SMILES string of the molecule is CC(C)=CCC/C(C)=C/CC(SC(C)C)c1ccccc1O. The molecule has 1 aromatic carbocycles. The van der Waals surface area contributed by atoms with Gasteiger partial charge in [-0.3, -0.25) is 0 Å². The van der Waals surface area contributed by atoms with E-state index < -0.39 is 0 Å². The predicted molar refractivity (Wildman–Crippen MR) is 101 cm³/mol. The molecule has 2 heteroatoms. The largest absolute Gasteiger partial charge is 0.508 e. The van der Waals surface area contributed by atoms with Gasteiger partial charge in [0.1, 0.15) is 5.75 Å². The molecule has 1 nitrogen and oxygen atoms in total. The van der Waals surface area contributed by atoms with Gasteiger partial charge in [0.2, 0.25) is 0 Å². The highest BCUT2D eigenvalue weighted by Gasteiger charge is 2.16. The molecule has 1 atom stereocenters. The normalized spacial score (nSPS) is 13.3. The Hall–Kier alpha value is -1.15. The number of rotatable bonds is 8. The van der Waals surface area contributed by atoms with Gasteiger partial charge in [-0.15, -0.1) is 0 Å². The summed E-state index contributed by atoms with van der Waals surface area (Å²) < 4.78 is 0. The van der Waals surface area contributed by atoms with Gasteiger partial charge in [-0.05, 0) is 51.3 Å². The highest BCUT2D eigenvalue weighted by atomic mass is 32.2. The van der Waals surface area contributed by atoms with Crippen molar-refractivity contribution in [1.82, 2.24) is 0 Å². The molecule has 0 fully saturated rings. The maximum atomic E-state index is 10.1. The van der Waals surface area contributed by atoms with Gasteiger partial charge in [0.25, 0.3) is 0 Å². The molecule has 0 spiro atoms. The lowest BCUT2D eigenvalue weighted by Crippen LogP contribution is -1.99. The topological polar surface area (TPSA) is 20.2 Å². The van der Waals surface area contributed by atoms with Crippen molar-refractivity contribution < 1.29 is 5.11 Å². The molecule has 1 aromatic rings. The Labute approximate surface area is 140 Å². The van der Waals surface area contributed by atoms with Crippen molar-refractivity contribution in [3.63, 3.8) is 0 Å². The molecule has 0 aliphatic heterocycles. The van der Waals surface area contributed by atoms with Crippen LogP contribution in [0.1, 0.15) is 64.7 Å². The first-order valence-electron chi connectivity index (χ1n) is 8.12. The number of aromatic hydroxyl groups is 1. The van der Waals surface area contributed by atoms with E-state index in [0.29, 0.717) is 16.2 Å². The molecular weight excluding hydrogens is 288 g/mol. The lowest BCUT2D eigenvalue weighted by atomic mass is 10.0. The molecule has 1 rings (SSSR count). The molecule has 0 aromatic heterocycles. The standard InChI is InChI=1S/C20H30OS/c1-15(2)9-8-10-17(5)13-14-20(22-16(3)4)18-11-6-7-12-19(18)21/h6-7,9,11-13,16,20-21H,8,10,14H2,1-5H3/b17-13+. The fourth-order valence-corrected chi connectivity index (χ4v) is 3.55. The van der Waals surface area contributed by atoms with Gasteiger partial charge >= 0.3 is 0 Å². The summed E-state index contributed by atoms with van der Waals surface area (Å²) >= 11 is 1.92. The van der Waals surface area contributed by atoms with Crippen LogP contribution < -0.4 is 0 Å². The monoisotopic (exact) mass is 318 g/mol. The van der Waals surface area contributed by atoms with Crippen LogP contribution in [-0.2, 0) is 0 Å². The van der Waals surface area contributed by atoms with Crippen LogP contribution in [0.5, 0.6) is 5.75 Å². The highest BCUT2D eigenvalue weighted by Crippen LogP contribution is 2.39. The number of hydrogen-bond acceptors (Lipinski definition) is 2. The summed E-state index contributed by atoms with van der Waals surface area (Å²) in [4.78, 5) is 0. The molecule has 0 saturated heterocycles. The zero-order chi connectivity index (χ0) is 16.5. The molecule has 0 bridgehead atoms. The van der Waals surface area contributed by atoms with Crippen molar-refractivity contribution in [1.29, 1.82) is 0 Å². The van der Waals surface area contributed by atoms with Gasteiger partial charge in [-0.1, -0.05) is 55.3 Å². The maximum absolute atomic E-state index is 10.1. The average molecular weight is 319 g/mol. The molecule has 0 aliphatic carbocycles. The van der Waals surface area contributed by atoms with E-state index in [1.807, 2.05) is 30.0 Å². The summed E-state index contributed by atoms with van der Waals surface area (Å²) in [7, 11) is 0. The van der Waals surface area contributed by atoms with E-state index >= 15 is 0 Å². The van der Waals surface area contributed by atoms with Crippen molar-refractivity contribution in [3.8, 4) is 5.75 Å². The minimum atomic E-state index is 0.319. The van der Waals surface area contributed by atoms with Crippen LogP contribution in [0.25, 0.3) is 0 Å². The number of para-hydroxylation sites is 1. The second-order valence-electron chi connectivity index (χ2n) is 6.34. The Balaban J connectivity index is 2.74. The zero-order valence-corrected chi connectivity index (χ0v) is 15.4. The Kier molecular flexibility index (Phi) is 8.40. The zero-order valence-electron chi connectivity index (χ0n) is 14.6. The first kappa shape index (κ1) is 18.9. The lowest BCUT2D eigenvalue weighted by molar-refractivity contribution is 0.467. The number of allylic oxidation sites excluding steroid dienone is 4. The maximum Gasteiger partial charge on any atom is 0.119 e. The molecular formula is C20H30OS. The summed E-state index contributed by atoms with van der Waals surface area (Å²) in [6, 6.07) is 7.72. The predicted octanol–water partition coefficient (Wildman–Crippen LogP) is 6.66.